The topological polar surface area (TPSA) is 59.0 Å². The summed E-state index contributed by atoms with van der Waals surface area (Å²) in [4.78, 5) is 13.5. The van der Waals surface area contributed by atoms with Gasteiger partial charge in [-0.1, -0.05) is 0 Å². The van der Waals surface area contributed by atoms with E-state index in [-0.39, 0.29) is 24.9 Å². The highest BCUT2D eigenvalue weighted by Gasteiger charge is 2.17. The zero-order valence-corrected chi connectivity index (χ0v) is 10.5. The predicted octanol–water partition coefficient (Wildman–Crippen LogP) is 0.556. The summed E-state index contributed by atoms with van der Waals surface area (Å²) in [7, 11) is 0. The Hall–Kier alpha value is -1.66. The van der Waals surface area contributed by atoms with Gasteiger partial charge < -0.3 is 19.5 Å². The molecule has 2 rings (SSSR count). The third-order valence-corrected chi connectivity index (χ3v) is 2.84. The first-order valence-electron chi connectivity index (χ1n) is 6.07. The molecule has 0 unspecified atom stereocenters. The molecular weight excluding hydrogens is 253 g/mol. The van der Waals surface area contributed by atoms with E-state index >= 15 is 0 Å². The molecule has 1 aliphatic heterocycles. The Labute approximate surface area is 110 Å². The molecule has 0 bridgehead atoms. The van der Waals surface area contributed by atoms with Gasteiger partial charge in [-0.3, -0.25) is 4.79 Å². The second kappa shape index (κ2) is 6.49. The van der Waals surface area contributed by atoms with Crippen LogP contribution in [0.2, 0.25) is 0 Å². The van der Waals surface area contributed by atoms with Crippen molar-refractivity contribution in [2.45, 2.75) is 6.61 Å². The van der Waals surface area contributed by atoms with E-state index in [0.717, 1.165) is 0 Å². The van der Waals surface area contributed by atoms with Gasteiger partial charge >= 0.3 is 0 Å². The average Bonchev–Trinajstić information content (AvgIpc) is 2.45. The lowest BCUT2D eigenvalue weighted by atomic mass is 10.2. The van der Waals surface area contributed by atoms with Crippen molar-refractivity contribution < 1.29 is 23.8 Å². The summed E-state index contributed by atoms with van der Waals surface area (Å²) in [6.07, 6.45) is 0. The van der Waals surface area contributed by atoms with E-state index in [9.17, 15) is 9.18 Å². The molecule has 1 aliphatic rings. The number of nitrogens with zero attached hydrogens (tertiary/aromatic N) is 1. The number of halogens is 1. The summed E-state index contributed by atoms with van der Waals surface area (Å²) in [6.45, 7) is 1.74. The number of morpholine rings is 1. The zero-order chi connectivity index (χ0) is 13.7. The Morgan fingerprint density at radius 2 is 2.11 bits per heavy atom. The van der Waals surface area contributed by atoms with Crippen LogP contribution in [0.5, 0.6) is 5.75 Å². The van der Waals surface area contributed by atoms with Gasteiger partial charge in [-0.2, -0.15) is 0 Å². The minimum Gasteiger partial charge on any atom is -0.484 e. The van der Waals surface area contributed by atoms with Crippen molar-refractivity contribution in [2.75, 3.05) is 32.9 Å². The fourth-order valence-electron chi connectivity index (χ4n) is 1.84. The van der Waals surface area contributed by atoms with E-state index in [4.69, 9.17) is 14.6 Å². The highest BCUT2D eigenvalue weighted by molar-refractivity contribution is 5.77. The predicted molar refractivity (Wildman–Crippen MR) is 65.2 cm³/mol. The number of carbonyl (C=O) groups is 1. The maximum absolute atomic E-state index is 13.2. The van der Waals surface area contributed by atoms with Crippen LogP contribution in [0.1, 0.15) is 5.56 Å². The Balaban J connectivity index is 1.90. The molecule has 104 valence electrons. The van der Waals surface area contributed by atoms with Gasteiger partial charge in [0.1, 0.15) is 11.6 Å². The molecule has 0 aliphatic carbocycles. The van der Waals surface area contributed by atoms with Crippen molar-refractivity contribution in [3.8, 4) is 5.75 Å². The second-order valence-electron chi connectivity index (χ2n) is 4.24. The fourth-order valence-corrected chi connectivity index (χ4v) is 1.84. The standard InChI is InChI=1S/C13H16FNO4/c14-11-5-10(8-16)6-12(7-11)19-9-13(17)15-1-3-18-4-2-15/h5-7,16H,1-4,8-9H2. The molecule has 1 aromatic carbocycles. The number of amides is 1. The lowest BCUT2D eigenvalue weighted by Crippen LogP contribution is -2.42. The zero-order valence-electron chi connectivity index (χ0n) is 10.5. The molecule has 0 atom stereocenters. The summed E-state index contributed by atoms with van der Waals surface area (Å²) in [6, 6.07) is 3.91. The smallest absolute Gasteiger partial charge is 0.260 e. The number of rotatable bonds is 4. The molecule has 6 heteroatoms. The molecule has 0 radical (unpaired) electrons. The van der Waals surface area contributed by atoms with Crippen LogP contribution in [-0.4, -0.2) is 48.8 Å². The number of carbonyl (C=O) groups excluding carboxylic acids is 1. The van der Waals surface area contributed by atoms with Crippen LogP contribution in [0.3, 0.4) is 0 Å². The highest BCUT2D eigenvalue weighted by atomic mass is 19.1. The Morgan fingerprint density at radius 1 is 1.37 bits per heavy atom. The van der Waals surface area contributed by atoms with E-state index in [1.165, 1.54) is 18.2 Å². The lowest BCUT2D eigenvalue weighted by molar-refractivity contribution is -0.137. The first-order valence-corrected chi connectivity index (χ1v) is 6.07. The van der Waals surface area contributed by atoms with Gasteiger partial charge in [0.15, 0.2) is 6.61 Å². The van der Waals surface area contributed by atoms with Crippen LogP contribution in [0, 0.1) is 5.82 Å². The molecule has 1 amide bonds. The van der Waals surface area contributed by atoms with Crippen molar-refractivity contribution in [1.29, 1.82) is 0 Å². The molecule has 5 nitrogen and oxygen atoms in total. The van der Waals surface area contributed by atoms with Crippen molar-refractivity contribution >= 4 is 5.91 Å². The molecule has 19 heavy (non-hydrogen) atoms. The van der Waals surface area contributed by atoms with Gasteiger partial charge in [0, 0.05) is 19.2 Å². The monoisotopic (exact) mass is 269 g/mol. The van der Waals surface area contributed by atoms with Crippen LogP contribution in [0.25, 0.3) is 0 Å². The SMILES string of the molecule is O=C(COc1cc(F)cc(CO)c1)N1CCOCC1. The molecule has 1 saturated heterocycles. The molecule has 1 N–H and O–H groups in total. The quantitative estimate of drug-likeness (QED) is 0.867. The van der Waals surface area contributed by atoms with E-state index in [2.05, 4.69) is 0 Å². The van der Waals surface area contributed by atoms with Crippen molar-refractivity contribution in [3.05, 3.63) is 29.6 Å². The number of ether oxygens (including phenoxy) is 2. The number of aliphatic hydroxyl groups excluding tert-OH is 1. The maximum Gasteiger partial charge on any atom is 0.260 e. The van der Waals surface area contributed by atoms with Crippen LogP contribution in [0.4, 0.5) is 4.39 Å². The Bertz CT molecular complexity index is 446. The second-order valence-corrected chi connectivity index (χ2v) is 4.24. The molecule has 0 spiro atoms. The first-order chi connectivity index (χ1) is 9.19. The van der Waals surface area contributed by atoms with Crippen molar-refractivity contribution in [1.82, 2.24) is 4.90 Å². The summed E-state index contributed by atoms with van der Waals surface area (Å²) in [5.74, 6) is -0.413. The largest absolute Gasteiger partial charge is 0.484 e. The van der Waals surface area contributed by atoms with Crippen LogP contribution in [0.15, 0.2) is 18.2 Å². The van der Waals surface area contributed by atoms with Gasteiger partial charge in [-0.25, -0.2) is 4.39 Å². The van der Waals surface area contributed by atoms with E-state index in [1.807, 2.05) is 0 Å². The van der Waals surface area contributed by atoms with Crippen LogP contribution in [-0.2, 0) is 16.1 Å². The van der Waals surface area contributed by atoms with Crippen LogP contribution < -0.4 is 4.74 Å². The maximum atomic E-state index is 13.2. The van der Waals surface area contributed by atoms with Gasteiger partial charge in [-0.15, -0.1) is 0 Å². The van der Waals surface area contributed by atoms with Gasteiger partial charge in [0.05, 0.1) is 19.8 Å². The number of hydrogen-bond acceptors (Lipinski definition) is 4. The molecule has 0 saturated carbocycles. The molecule has 1 aromatic rings. The van der Waals surface area contributed by atoms with E-state index in [0.29, 0.717) is 31.9 Å². The van der Waals surface area contributed by atoms with E-state index < -0.39 is 5.82 Å². The minimum absolute atomic E-state index is 0.145. The van der Waals surface area contributed by atoms with Gasteiger partial charge in [0.2, 0.25) is 0 Å². The third-order valence-electron chi connectivity index (χ3n) is 2.84. The minimum atomic E-state index is -0.500. The van der Waals surface area contributed by atoms with Crippen molar-refractivity contribution in [3.63, 3.8) is 0 Å². The summed E-state index contributed by atoms with van der Waals surface area (Å²) in [5, 5.41) is 8.96. The lowest BCUT2D eigenvalue weighted by Gasteiger charge is -2.26. The molecule has 1 heterocycles. The highest BCUT2D eigenvalue weighted by Crippen LogP contribution is 2.16. The Kier molecular flexibility index (Phi) is 4.70. The average molecular weight is 269 g/mol. The summed E-state index contributed by atoms with van der Waals surface area (Å²) < 4.78 is 23.6. The van der Waals surface area contributed by atoms with Crippen LogP contribution >= 0.6 is 0 Å². The first kappa shape index (κ1) is 13.8. The number of aliphatic hydroxyl groups is 1. The number of benzene rings is 1. The number of hydrogen-bond donors (Lipinski definition) is 1. The van der Waals surface area contributed by atoms with Gasteiger partial charge in [0.25, 0.3) is 5.91 Å². The molecule has 1 fully saturated rings. The summed E-state index contributed by atoms with van der Waals surface area (Å²) in [5.41, 5.74) is 0.411. The van der Waals surface area contributed by atoms with Crippen molar-refractivity contribution in [2.24, 2.45) is 0 Å². The van der Waals surface area contributed by atoms with E-state index in [1.54, 1.807) is 4.90 Å². The Morgan fingerprint density at radius 3 is 2.79 bits per heavy atom. The summed E-state index contributed by atoms with van der Waals surface area (Å²) >= 11 is 0. The molecular formula is C13H16FNO4. The third kappa shape index (κ3) is 3.90. The molecule has 0 aromatic heterocycles. The normalized spacial score (nSPS) is 15.4. The fraction of sp³-hybridized carbons (Fsp3) is 0.462. The van der Waals surface area contributed by atoms with Gasteiger partial charge in [-0.05, 0) is 17.7 Å².